The summed E-state index contributed by atoms with van der Waals surface area (Å²) in [5.41, 5.74) is 7.70. The molecule has 0 aliphatic heterocycles. The minimum absolute atomic E-state index is 0.300. The SMILES string of the molecule is COc1ccccc1CN(C)CC1(CN)CCCC(C)C1. The molecule has 21 heavy (non-hydrogen) atoms. The Hall–Kier alpha value is -1.06. The highest BCUT2D eigenvalue weighted by molar-refractivity contribution is 5.33. The van der Waals surface area contributed by atoms with Gasteiger partial charge in [-0.25, -0.2) is 0 Å². The molecule has 1 aromatic rings. The van der Waals surface area contributed by atoms with Crippen molar-refractivity contribution in [2.24, 2.45) is 17.1 Å². The van der Waals surface area contributed by atoms with Crippen molar-refractivity contribution in [3.63, 3.8) is 0 Å². The van der Waals surface area contributed by atoms with Gasteiger partial charge in [0.25, 0.3) is 0 Å². The Balaban J connectivity index is 2.01. The molecule has 3 nitrogen and oxygen atoms in total. The zero-order valence-corrected chi connectivity index (χ0v) is 13.8. The van der Waals surface area contributed by atoms with Crippen molar-refractivity contribution in [2.45, 2.75) is 39.2 Å². The molecule has 0 aromatic heterocycles. The summed E-state index contributed by atoms with van der Waals surface area (Å²) in [6.45, 7) is 5.16. The maximum absolute atomic E-state index is 6.15. The number of nitrogens with zero attached hydrogens (tertiary/aromatic N) is 1. The molecule has 0 spiro atoms. The predicted molar refractivity (Wildman–Crippen MR) is 88.4 cm³/mol. The number of hydrogen-bond donors (Lipinski definition) is 1. The summed E-state index contributed by atoms with van der Waals surface area (Å²) in [5.74, 6) is 1.78. The molecule has 0 bridgehead atoms. The van der Waals surface area contributed by atoms with E-state index in [1.54, 1.807) is 7.11 Å². The van der Waals surface area contributed by atoms with Crippen LogP contribution < -0.4 is 10.5 Å². The van der Waals surface area contributed by atoms with Gasteiger partial charge in [0.05, 0.1) is 7.11 Å². The van der Waals surface area contributed by atoms with Crippen molar-refractivity contribution in [3.05, 3.63) is 29.8 Å². The number of hydrogen-bond acceptors (Lipinski definition) is 3. The monoisotopic (exact) mass is 290 g/mol. The van der Waals surface area contributed by atoms with E-state index < -0.39 is 0 Å². The number of ether oxygens (including phenoxy) is 1. The van der Waals surface area contributed by atoms with Crippen LogP contribution in [0.5, 0.6) is 5.75 Å². The van der Waals surface area contributed by atoms with Gasteiger partial charge in [0.15, 0.2) is 0 Å². The minimum Gasteiger partial charge on any atom is -0.496 e. The molecule has 3 heteroatoms. The van der Waals surface area contributed by atoms with E-state index in [9.17, 15) is 0 Å². The number of rotatable bonds is 6. The van der Waals surface area contributed by atoms with Gasteiger partial charge in [-0.05, 0) is 43.8 Å². The quantitative estimate of drug-likeness (QED) is 0.874. The van der Waals surface area contributed by atoms with Crippen molar-refractivity contribution in [1.29, 1.82) is 0 Å². The number of methoxy groups -OCH3 is 1. The summed E-state index contributed by atoms with van der Waals surface area (Å²) in [5, 5.41) is 0. The molecule has 118 valence electrons. The van der Waals surface area contributed by atoms with Crippen molar-refractivity contribution < 1.29 is 4.74 Å². The van der Waals surface area contributed by atoms with Crippen LogP contribution in [0.4, 0.5) is 0 Å². The average molecular weight is 290 g/mol. The number of nitrogens with two attached hydrogens (primary N) is 1. The van der Waals surface area contributed by atoms with Gasteiger partial charge in [-0.15, -0.1) is 0 Å². The second kappa shape index (κ2) is 7.28. The summed E-state index contributed by atoms with van der Waals surface area (Å²) in [7, 11) is 3.94. The lowest BCUT2D eigenvalue weighted by molar-refractivity contribution is 0.0977. The molecule has 2 atom stereocenters. The van der Waals surface area contributed by atoms with Crippen molar-refractivity contribution in [1.82, 2.24) is 4.90 Å². The van der Waals surface area contributed by atoms with E-state index in [-0.39, 0.29) is 0 Å². The van der Waals surface area contributed by atoms with Crippen molar-refractivity contribution >= 4 is 0 Å². The van der Waals surface area contributed by atoms with Crippen LogP contribution in [-0.2, 0) is 6.54 Å². The maximum atomic E-state index is 6.15. The molecule has 1 fully saturated rings. The Bertz CT molecular complexity index is 449. The predicted octanol–water partition coefficient (Wildman–Crippen LogP) is 3.28. The van der Waals surface area contributed by atoms with Gasteiger partial charge in [-0.1, -0.05) is 38.0 Å². The molecule has 2 N–H and O–H groups in total. The number of para-hydroxylation sites is 1. The zero-order chi connectivity index (χ0) is 15.3. The molecule has 0 saturated heterocycles. The fourth-order valence-electron chi connectivity index (χ4n) is 3.92. The minimum atomic E-state index is 0.300. The smallest absolute Gasteiger partial charge is 0.123 e. The second-order valence-corrected chi connectivity index (χ2v) is 6.89. The standard InChI is InChI=1S/C18H30N2O/c1-15-7-6-10-18(11-15,13-19)14-20(2)12-16-8-4-5-9-17(16)21-3/h4-5,8-9,15H,6-7,10-14,19H2,1-3H3. The van der Waals surface area contributed by atoms with Crippen molar-refractivity contribution in [2.75, 3.05) is 27.2 Å². The summed E-state index contributed by atoms with van der Waals surface area (Å²) in [6, 6.07) is 8.28. The van der Waals surface area contributed by atoms with E-state index in [4.69, 9.17) is 10.5 Å². The van der Waals surface area contributed by atoms with Crippen LogP contribution in [0.15, 0.2) is 24.3 Å². The van der Waals surface area contributed by atoms with Crippen LogP contribution >= 0.6 is 0 Å². The molecular weight excluding hydrogens is 260 g/mol. The van der Waals surface area contributed by atoms with Gasteiger partial charge in [-0.3, -0.25) is 0 Å². The highest BCUT2D eigenvalue weighted by Crippen LogP contribution is 2.39. The fraction of sp³-hybridized carbons (Fsp3) is 0.667. The van der Waals surface area contributed by atoms with Crippen LogP contribution in [0.25, 0.3) is 0 Å². The summed E-state index contributed by atoms with van der Waals surface area (Å²) >= 11 is 0. The summed E-state index contributed by atoms with van der Waals surface area (Å²) < 4.78 is 5.45. The van der Waals surface area contributed by atoms with Crippen LogP contribution in [0, 0.1) is 11.3 Å². The highest BCUT2D eigenvalue weighted by atomic mass is 16.5. The highest BCUT2D eigenvalue weighted by Gasteiger charge is 2.34. The third kappa shape index (κ3) is 4.21. The maximum Gasteiger partial charge on any atom is 0.123 e. The molecule has 1 aromatic carbocycles. The number of benzene rings is 1. The Morgan fingerprint density at radius 2 is 2.14 bits per heavy atom. The molecular formula is C18H30N2O. The van der Waals surface area contributed by atoms with E-state index in [0.29, 0.717) is 5.41 Å². The van der Waals surface area contributed by atoms with Crippen LogP contribution in [0.3, 0.4) is 0 Å². The molecule has 1 aliphatic rings. The lowest BCUT2D eigenvalue weighted by atomic mass is 9.70. The Morgan fingerprint density at radius 1 is 1.38 bits per heavy atom. The van der Waals surface area contributed by atoms with Crippen LogP contribution in [-0.4, -0.2) is 32.1 Å². The Labute approximate surface area is 129 Å². The molecule has 0 radical (unpaired) electrons. The lowest BCUT2D eigenvalue weighted by Crippen LogP contribution is -2.44. The first-order valence-corrected chi connectivity index (χ1v) is 8.09. The molecule has 2 rings (SSSR count). The third-order valence-corrected chi connectivity index (χ3v) is 4.86. The third-order valence-electron chi connectivity index (χ3n) is 4.86. The molecule has 1 aliphatic carbocycles. The largest absolute Gasteiger partial charge is 0.496 e. The van der Waals surface area contributed by atoms with Gasteiger partial charge in [0.1, 0.15) is 5.75 Å². The fourth-order valence-corrected chi connectivity index (χ4v) is 3.92. The van der Waals surface area contributed by atoms with Gasteiger partial charge < -0.3 is 15.4 Å². The first-order chi connectivity index (χ1) is 10.1. The van der Waals surface area contributed by atoms with E-state index in [1.807, 2.05) is 12.1 Å². The lowest BCUT2D eigenvalue weighted by Gasteiger charge is -2.42. The second-order valence-electron chi connectivity index (χ2n) is 6.89. The molecule has 2 unspecified atom stereocenters. The average Bonchev–Trinajstić information content (AvgIpc) is 2.47. The van der Waals surface area contributed by atoms with Gasteiger partial charge in [-0.2, -0.15) is 0 Å². The van der Waals surface area contributed by atoms with E-state index in [0.717, 1.165) is 31.3 Å². The van der Waals surface area contributed by atoms with Gasteiger partial charge in [0, 0.05) is 18.7 Å². The van der Waals surface area contributed by atoms with Crippen LogP contribution in [0.1, 0.15) is 38.2 Å². The summed E-state index contributed by atoms with van der Waals surface area (Å²) in [6.07, 6.45) is 5.21. The van der Waals surface area contributed by atoms with Crippen LogP contribution in [0.2, 0.25) is 0 Å². The summed E-state index contributed by atoms with van der Waals surface area (Å²) in [4.78, 5) is 2.41. The van der Waals surface area contributed by atoms with E-state index in [1.165, 1.54) is 31.2 Å². The topological polar surface area (TPSA) is 38.5 Å². The normalized spacial score (nSPS) is 26.0. The Morgan fingerprint density at radius 3 is 2.81 bits per heavy atom. The molecule has 0 amide bonds. The molecule has 0 heterocycles. The zero-order valence-electron chi connectivity index (χ0n) is 13.8. The van der Waals surface area contributed by atoms with E-state index >= 15 is 0 Å². The van der Waals surface area contributed by atoms with E-state index in [2.05, 4.69) is 31.0 Å². The molecule has 1 saturated carbocycles. The Kier molecular flexibility index (Phi) is 5.65. The van der Waals surface area contributed by atoms with Gasteiger partial charge in [0.2, 0.25) is 0 Å². The first kappa shape index (κ1) is 16.3. The first-order valence-electron chi connectivity index (χ1n) is 8.09. The van der Waals surface area contributed by atoms with Gasteiger partial charge >= 0.3 is 0 Å². The van der Waals surface area contributed by atoms with Crippen molar-refractivity contribution in [3.8, 4) is 5.75 Å².